The molecule has 1 aromatic rings. The topological polar surface area (TPSA) is 23.5 Å². The van der Waals surface area contributed by atoms with E-state index in [0.29, 0.717) is 17.7 Å². The summed E-state index contributed by atoms with van der Waals surface area (Å²) in [6, 6.07) is 6.69. The molecule has 2 bridgehead atoms. The molecule has 2 heteroatoms. The smallest absolute Gasteiger partial charge is 0.115 e. The molecule has 1 fully saturated rings. The van der Waals surface area contributed by atoms with E-state index in [0.717, 1.165) is 6.42 Å². The largest absolute Gasteiger partial charge is 0.508 e. The van der Waals surface area contributed by atoms with Gasteiger partial charge in [0.2, 0.25) is 0 Å². The van der Waals surface area contributed by atoms with Crippen LogP contribution in [-0.2, 0) is 11.8 Å². The highest BCUT2D eigenvalue weighted by molar-refractivity contribution is 5.44. The van der Waals surface area contributed by atoms with E-state index in [1.807, 2.05) is 12.1 Å². The van der Waals surface area contributed by atoms with Crippen LogP contribution in [0.15, 0.2) is 18.2 Å². The number of phenols is 1. The number of likely N-dealkylation sites (tertiary alicyclic amines) is 1. The maximum atomic E-state index is 9.84. The minimum atomic E-state index is 0.236. The Morgan fingerprint density at radius 3 is 2.95 bits per heavy atom. The van der Waals surface area contributed by atoms with E-state index in [4.69, 9.17) is 0 Å². The number of piperidine rings is 1. The maximum absolute atomic E-state index is 9.84. The lowest BCUT2D eigenvalue weighted by Gasteiger charge is -2.54. The fourth-order valence-corrected chi connectivity index (χ4v) is 4.33. The number of phenolic OH excluding ortho intramolecular Hbond substituents is 1. The van der Waals surface area contributed by atoms with Crippen molar-refractivity contribution >= 4 is 0 Å². The van der Waals surface area contributed by atoms with Gasteiger partial charge in [0.1, 0.15) is 5.75 Å². The Hall–Kier alpha value is -1.02. The molecule has 1 N–H and O–H groups in total. The highest BCUT2D eigenvalue weighted by Crippen LogP contribution is 2.49. The van der Waals surface area contributed by atoms with Gasteiger partial charge in [-0.1, -0.05) is 33.3 Å². The molecule has 0 amide bonds. The second-order valence-corrected chi connectivity index (χ2v) is 6.96. The van der Waals surface area contributed by atoms with E-state index in [1.54, 1.807) is 0 Å². The van der Waals surface area contributed by atoms with Crippen LogP contribution in [0, 0.1) is 5.92 Å². The van der Waals surface area contributed by atoms with Crippen LogP contribution in [0.1, 0.15) is 51.2 Å². The fourth-order valence-electron chi connectivity index (χ4n) is 4.33. The van der Waals surface area contributed by atoms with Crippen molar-refractivity contribution in [3.05, 3.63) is 29.3 Å². The molecule has 2 nitrogen and oxygen atoms in total. The van der Waals surface area contributed by atoms with Gasteiger partial charge in [-0.2, -0.15) is 0 Å². The molecule has 1 aliphatic heterocycles. The van der Waals surface area contributed by atoms with Crippen molar-refractivity contribution in [2.24, 2.45) is 5.92 Å². The lowest BCUT2D eigenvalue weighted by atomic mass is 9.59. The van der Waals surface area contributed by atoms with Gasteiger partial charge in [-0.3, -0.25) is 4.90 Å². The molecule has 2 aliphatic rings. The number of hydrogen-bond acceptors (Lipinski definition) is 2. The van der Waals surface area contributed by atoms with Crippen LogP contribution in [0.5, 0.6) is 5.75 Å². The summed E-state index contributed by atoms with van der Waals surface area (Å²) >= 11 is 0. The number of hydrogen-bond donors (Lipinski definition) is 1. The molecule has 0 spiro atoms. The van der Waals surface area contributed by atoms with Crippen molar-refractivity contribution in [3.63, 3.8) is 0 Å². The second-order valence-electron chi connectivity index (χ2n) is 6.96. The number of rotatable bonds is 3. The quantitative estimate of drug-likeness (QED) is 0.907. The van der Waals surface area contributed by atoms with E-state index in [9.17, 15) is 5.11 Å². The van der Waals surface area contributed by atoms with Gasteiger partial charge in [0, 0.05) is 6.04 Å². The number of aromatic hydroxyl groups is 1. The van der Waals surface area contributed by atoms with E-state index in [2.05, 4.69) is 31.7 Å². The summed E-state index contributed by atoms with van der Waals surface area (Å²) in [4.78, 5) is 2.71. The second kappa shape index (κ2) is 5.07. The molecule has 0 saturated carbocycles. The first-order chi connectivity index (χ1) is 9.56. The Morgan fingerprint density at radius 2 is 2.20 bits per heavy atom. The first-order valence-corrected chi connectivity index (χ1v) is 8.12. The number of unbranched alkanes of at least 4 members (excludes halogenated alkanes) is 1. The zero-order chi connectivity index (χ0) is 14.3. The Kier molecular flexibility index (Phi) is 3.53. The summed E-state index contributed by atoms with van der Waals surface area (Å²) in [5.41, 5.74) is 3.09. The molecule has 110 valence electrons. The SMILES string of the molecule is CCCCN1CC[C@]2(C)c3cc(O)ccc3CC1[C@@H]2C. The predicted molar refractivity (Wildman–Crippen MR) is 83.2 cm³/mol. The molecule has 0 radical (unpaired) electrons. The Labute approximate surface area is 122 Å². The van der Waals surface area contributed by atoms with E-state index >= 15 is 0 Å². The van der Waals surface area contributed by atoms with Crippen molar-refractivity contribution in [2.75, 3.05) is 13.1 Å². The Balaban J connectivity index is 1.95. The summed E-state index contributed by atoms with van der Waals surface area (Å²) in [5.74, 6) is 1.09. The third kappa shape index (κ3) is 2.05. The molecule has 1 unspecified atom stereocenters. The van der Waals surface area contributed by atoms with Gasteiger partial charge in [-0.15, -0.1) is 0 Å². The molecule has 3 atom stereocenters. The van der Waals surface area contributed by atoms with Crippen LogP contribution in [-0.4, -0.2) is 29.1 Å². The number of fused-ring (bicyclic) bond motifs is 4. The van der Waals surface area contributed by atoms with Gasteiger partial charge in [-0.25, -0.2) is 0 Å². The molecular formula is C18H27NO. The molecule has 1 saturated heterocycles. The molecule has 1 aromatic carbocycles. The number of benzene rings is 1. The zero-order valence-corrected chi connectivity index (χ0v) is 13.0. The first kappa shape index (κ1) is 13.9. The van der Waals surface area contributed by atoms with Gasteiger partial charge < -0.3 is 5.11 Å². The standard InChI is InChI=1S/C18H27NO/c1-4-5-9-19-10-8-18(3)13(2)17(19)11-14-6-7-15(20)12-16(14)18/h6-7,12-13,17,20H,4-5,8-11H2,1-3H3/t13-,17?,18-/m0/s1. The minimum Gasteiger partial charge on any atom is -0.508 e. The molecule has 1 heterocycles. The van der Waals surface area contributed by atoms with Crippen LogP contribution in [0.4, 0.5) is 0 Å². The fraction of sp³-hybridized carbons (Fsp3) is 0.667. The van der Waals surface area contributed by atoms with Crippen LogP contribution in [0.25, 0.3) is 0 Å². The van der Waals surface area contributed by atoms with Crippen LogP contribution < -0.4 is 0 Å². The lowest BCUT2D eigenvalue weighted by Crippen LogP contribution is -2.58. The highest BCUT2D eigenvalue weighted by Gasteiger charge is 2.48. The maximum Gasteiger partial charge on any atom is 0.115 e. The van der Waals surface area contributed by atoms with Crippen molar-refractivity contribution < 1.29 is 5.11 Å². The van der Waals surface area contributed by atoms with Gasteiger partial charge in [-0.05, 0) is 66.9 Å². The van der Waals surface area contributed by atoms with E-state index in [-0.39, 0.29) is 5.41 Å². The molecular weight excluding hydrogens is 246 g/mol. The monoisotopic (exact) mass is 273 g/mol. The van der Waals surface area contributed by atoms with Gasteiger partial charge in [0.25, 0.3) is 0 Å². The van der Waals surface area contributed by atoms with Crippen molar-refractivity contribution in [1.29, 1.82) is 0 Å². The normalized spacial score (nSPS) is 33.0. The summed E-state index contributed by atoms with van der Waals surface area (Å²) in [5, 5.41) is 9.84. The summed E-state index contributed by atoms with van der Waals surface area (Å²) in [7, 11) is 0. The van der Waals surface area contributed by atoms with Gasteiger partial charge in [0.15, 0.2) is 0 Å². The van der Waals surface area contributed by atoms with Gasteiger partial charge >= 0.3 is 0 Å². The van der Waals surface area contributed by atoms with Crippen molar-refractivity contribution in [3.8, 4) is 5.75 Å². The predicted octanol–water partition coefficient (Wildman–Crippen LogP) is 3.72. The summed E-state index contributed by atoms with van der Waals surface area (Å²) in [6.07, 6.45) is 4.95. The molecule has 0 aromatic heterocycles. The highest BCUT2D eigenvalue weighted by atomic mass is 16.3. The zero-order valence-electron chi connectivity index (χ0n) is 13.0. The average molecular weight is 273 g/mol. The summed E-state index contributed by atoms with van der Waals surface area (Å²) < 4.78 is 0. The average Bonchev–Trinajstić information content (AvgIpc) is 2.43. The van der Waals surface area contributed by atoms with E-state index < -0.39 is 0 Å². The molecule has 1 aliphatic carbocycles. The Bertz CT molecular complexity index is 498. The molecule has 20 heavy (non-hydrogen) atoms. The van der Waals surface area contributed by atoms with Crippen LogP contribution in [0.2, 0.25) is 0 Å². The third-order valence-corrected chi connectivity index (χ3v) is 5.91. The Morgan fingerprint density at radius 1 is 1.40 bits per heavy atom. The van der Waals surface area contributed by atoms with Crippen LogP contribution >= 0.6 is 0 Å². The van der Waals surface area contributed by atoms with Crippen molar-refractivity contribution in [2.45, 2.75) is 57.9 Å². The third-order valence-electron chi connectivity index (χ3n) is 5.91. The number of nitrogens with zero attached hydrogens (tertiary/aromatic N) is 1. The van der Waals surface area contributed by atoms with Gasteiger partial charge in [0.05, 0.1) is 0 Å². The minimum absolute atomic E-state index is 0.236. The molecule has 3 rings (SSSR count). The van der Waals surface area contributed by atoms with E-state index in [1.165, 1.54) is 43.5 Å². The summed E-state index contributed by atoms with van der Waals surface area (Å²) in [6.45, 7) is 9.54. The first-order valence-electron chi connectivity index (χ1n) is 8.12. The van der Waals surface area contributed by atoms with Crippen LogP contribution in [0.3, 0.4) is 0 Å². The van der Waals surface area contributed by atoms with Crippen molar-refractivity contribution in [1.82, 2.24) is 4.90 Å². The lowest BCUT2D eigenvalue weighted by molar-refractivity contribution is 0.0306.